The van der Waals surface area contributed by atoms with Gasteiger partial charge < -0.3 is 11.1 Å². The van der Waals surface area contributed by atoms with Crippen molar-refractivity contribution < 1.29 is 0 Å². The lowest BCUT2D eigenvalue weighted by molar-refractivity contribution is 0.524. The van der Waals surface area contributed by atoms with Crippen LogP contribution in [0.25, 0.3) is 0 Å². The third kappa shape index (κ3) is 3.34. The SMILES string of the molecule is Cc1cccc(NC(C)(C)CCN)n1. The van der Waals surface area contributed by atoms with Gasteiger partial charge in [-0.25, -0.2) is 4.98 Å². The van der Waals surface area contributed by atoms with Crippen molar-refractivity contribution in [1.29, 1.82) is 0 Å². The van der Waals surface area contributed by atoms with Crippen LogP contribution in [0.2, 0.25) is 0 Å². The molecule has 1 rings (SSSR count). The van der Waals surface area contributed by atoms with Crippen LogP contribution >= 0.6 is 0 Å². The Kier molecular flexibility index (Phi) is 3.47. The van der Waals surface area contributed by atoms with Crippen molar-refractivity contribution >= 4 is 5.82 Å². The fraction of sp³-hybridized carbons (Fsp3) is 0.545. The first-order valence-electron chi connectivity index (χ1n) is 4.95. The highest BCUT2D eigenvalue weighted by atomic mass is 15.0. The predicted octanol–water partition coefficient (Wildman–Crippen LogP) is 1.93. The van der Waals surface area contributed by atoms with Crippen LogP contribution in [0.15, 0.2) is 18.2 Å². The maximum Gasteiger partial charge on any atom is 0.126 e. The molecule has 0 aliphatic heterocycles. The third-order valence-electron chi connectivity index (χ3n) is 2.12. The second-order valence-corrected chi connectivity index (χ2v) is 4.21. The van der Waals surface area contributed by atoms with E-state index < -0.39 is 0 Å². The monoisotopic (exact) mass is 193 g/mol. The van der Waals surface area contributed by atoms with Gasteiger partial charge in [-0.15, -0.1) is 0 Å². The van der Waals surface area contributed by atoms with Gasteiger partial charge >= 0.3 is 0 Å². The van der Waals surface area contributed by atoms with E-state index in [1.54, 1.807) is 0 Å². The average molecular weight is 193 g/mol. The molecule has 0 spiro atoms. The van der Waals surface area contributed by atoms with E-state index in [0.29, 0.717) is 6.54 Å². The summed E-state index contributed by atoms with van der Waals surface area (Å²) < 4.78 is 0. The van der Waals surface area contributed by atoms with Crippen molar-refractivity contribution in [3.63, 3.8) is 0 Å². The van der Waals surface area contributed by atoms with Crippen molar-refractivity contribution in [2.45, 2.75) is 32.7 Å². The Bertz CT molecular complexity index is 294. The summed E-state index contributed by atoms with van der Waals surface area (Å²) in [6, 6.07) is 5.97. The molecule has 0 amide bonds. The summed E-state index contributed by atoms with van der Waals surface area (Å²) in [5, 5.41) is 3.37. The number of aromatic nitrogens is 1. The average Bonchev–Trinajstić information content (AvgIpc) is 2.02. The van der Waals surface area contributed by atoms with Gasteiger partial charge in [-0.1, -0.05) is 6.07 Å². The van der Waals surface area contributed by atoms with Gasteiger partial charge in [0.15, 0.2) is 0 Å². The highest BCUT2D eigenvalue weighted by molar-refractivity contribution is 5.37. The van der Waals surface area contributed by atoms with Crippen molar-refractivity contribution in [3.8, 4) is 0 Å². The number of nitrogens with zero attached hydrogens (tertiary/aromatic N) is 1. The van der Waals surface area contributed by atoms with Gasteiger partial charge in [0.1, 0.15) is 5.82 Å². The van der Waals surface area contributed by atoms with Gasteiger partial charge in [0.25, 0.3) is 0 Å². The Labute approximate surface area is 85.7 Å². The number of anilines is 1. The van der Waals surface area contributed by atoms with Crippen molar-refractivity contribution in [1.82, 2.24) is 4.98 Å². The quantitative estimate of drug-likeness (QED) is 0.768. The van der Waals surface area contributed by atoms with E-state index in [1.807, 2.05) is 25.1 Å². The van der Waals surface area contributed by atoms with E-state index in [4.69, 9.17) is 5.73 Å². The zero-order valence-corrected chi connectivity index (χ0v) is 9.17. The van der Waals surface area contributed by atoms with Crippen molar-refractivity contribution in [2.24, 2.45) is 5.73 Å². The van der Waals surface area contributed by atoms with Crippen LogP contribution in [0.4, 0.5) is 5.82 Å². The van der Waals surface area contributed by atoms with Crippen LogP contribution in [0.5, 0.6) is 0 Å². The zero-order chi connectivity index (χ0) is 10.6. The summed E-state index contributed by atoms with van der Waals surface area (Å²) in [6.45, 7) is 6.93. The number of nitrogens with one attached hydrogen (secondary N) is 1. The van der Waals surface area contributed by atoms with E-state index in [9.17, 15) is 0 Å². The molecule has 3 N–H and O–H groups in total. The lowest BCUT2D eigenvalue weighted by atomic mass is 10.0. The molecular formula is C11H19N3. The minimum Gasteiger partial charge on any atom is -0.365 e. The first kappa shape index (κ1) is 11.0. The number of rotatable bonds is 4. The molecule has 0 saturated heterocycles. The van der Waals surface area contributed by atoms with Crippen LogP contribution in [-0.2, 0) is 0 Å². The predicted molar refractivity (Wildman–Crippen MR) is 60.3 cm³/mol. The van der Waals surface area contributed by atoms with Crippen LogP contribution < -0.4 is 11.1 Å². The lowest BCUT2D eigenvalue weighted by Crippen LogP contribution is -2.33. The summed E-state index contributed by atoms with van der Waals surface area (Å²) in [7, 11) is 0. The maximum absolute atomic E-state index is 5.54. The van der Waals surface area contributed by atoms with Crippen LogP contribution in [-0.4, -0.2) is 17.1 Å². The molecule has 0 unspecified atom stereocenters. The first-order chi connectivity index (χ1) is 6.53. The van der Waals surface area contributed by atoms with E-state index in [-0.39, 0.29) is 5.54 Å². The van der Waals surface area contributed by atoms with E-state index in [2.05, 4.69) is 24.1 Å². The molecule has 0 saturated carbocycles. The van der Waals surface area contributed by atoms with E-state index >= 15 is 0 Å². The number of hydrogen-bond acceptors (Lipinski definition) is 3. The molecule has 0 aromatic carbocycles. The lowest BCUT2D eigenvalue weighted by Gasteiger charge is -2.26. The van der Waals surface area contributed by atoms with Gasteiger partial charge in [0, 0.05) is 11.2 Å². The molecule has 0 atom stereocenters. The van der Waals surface area contributed by atoms with Gasteiger partial charge in [-0.3, -0.25) is 0 Å². The van der Waals surface area contributed by atoms with Crippen molar-refractivity contribution in [3.05, 3.63) is 23.9 Å². The summed E-state index contributed by atoms with van der Waals surface area (Å²) in [5.41, 5.74) is 6.57. The molecule has 0 aliphatic carbocycles. The molecule has 3 heteroatoms. The first-order valence-corrected chi connectivity index (χ1v) is 4.95. The molecule has 1 aromatic rings. The summed E-state index contributed by atoms with van der Waals surface area (Å²) in [5.74, 6) is 0.920. The largest absolute Gasteiger partial charge is 0.365 e. The summed E-state index contributed by atoms with van der Waals surface area (Å²) in [4.78, 5) is 4.39. The van der Waals surface area contributed by atoms with Gasteiger partial charge in [-0.2, -0.15) is 0 Å². The number of hydrogen-bond donors (Lipinski definition) is 2. The Morgan fingerprint density at radius 2 is 2.14 bits per heavy atom. The highest BCUT2D eigenvalue weighted by Crippen LogP contribution is 2.15. The molecule has 0 fully saturated rings. The maximum atomic E-state index is 5.54. The molecule has 14 heavy (non-hydrogen) atoms. The van der Waals surface area contributed by atoms with Crippen LogP contribution in [0.3, 0.4) is 0 Å². The molecule has 0 aliphatic rings. The third-order valence-corrected chi connectivity index (χ3v) is 2.12. The molecule has 0 radical (unpaired) electrons. The molecule has 1 heterocycles. The standard InChI is InChI=1S/C11H19N3/c1-9-5-4-6-10(13-9)14-11(2,3)7-8-12/h4-6H,7-8,12H2,1-3H3,(H,13,14). The van der Waals surface area contributed by atoms with E-state index in [0.717, 1.165) is 17.9 Å². The molecule has 3 nitrogen and oxygen atoms in total. The van der Waals surface area contributed by atoms with Crippen molar-refractivity contribution in [2.75, 3.05) is 11.9 Å². The number of nitrogens with two attached hydrogens (primary N) is 1. The highest BCUT2D eigenvalue weighted by Gasteiger charge is 2.16. The Morgan fingerprint density at radius 3 is 2.71 bits per heavy atom. The number of aryl methyl sites for hydroxylation is 1. The fourth-order valence-corrected chi connectivity index (χ4v) is 1.38. The Morgan fingerprint density at radius 1 is 1.43 bits per heavy atom. The molecular weight excluding hydrogens is 174 g/mol. The molecule has 1 aromatic heterocycles. The topological polar surface area (TPSA) is 50.9 Å². The Balaban J connectivity index is 2.68. The van der Waals surface area contributed by atoms with Gasteiger partial charge in [0.05, 0.1) is 0 Å². The fourth-order valence-electron chi connectivity index (χ4n) is 1.38. The summed E-state index contributed by atoms with van der Waals surface area (Å²) >= 11 is 0. The minimum atomic E-state index is 0.00947. The van der Waals surface area contributed by atoms with Crippen LogP contribution in [0.1, 0.15) is 26.0 Å². The van der Waals surface area contributed by atoms with Gasteiger partial charge in [0.2, 0.25) is 0 Å². The van der Waals surface area contributed by atoms with Crippen LogP contribution in [0, 0.1) is 6.92 Å². The minimum absolute atomic E-state index is 0.00947. The molecule has 0 bridgehead atoms. The van der Waals surface area contributed by atoms with E-state index in [1.165, 1.54) is 0 Å². The second-order valence-electron chi connectivity index (χ2n) is 4.21. The second kappa shape index (κ2) is 4.42. The van der Waals surface area contributed by atoms with Gasteiger partial charge in [-0.05, 0) is 45.9 Å². The smallest absolute Gasteiger partial charge is 0.126 e. The zero-order valence-electron chi connectivity index (χ0n) is 9.17. The summed E-state index contributed by atoms with van der Waals surface area (Å²) in [6.07, 6.45) is 0.933. The Hall–Kier alpha value is -1.09. The number of pyridine rings is 1. The molecule has 78 valence electrons. The normalized spacial score (nSPS) is 11.4.